The molecule has 0 heterocycles. The Morgan fingerprint density at radius 3 is 2.28 bits per heavy atom. The van der Waals surface area contributed by atoms with Crippen LogP contribution in [0.1, 0.15) is 147 Å². The lowest BCUT2D eigenvalue weighted by Gasteiger charge is -2.43. The maximum absolute atomic E-state index is 4.61. The molecular formula is C47H76. The third kappa shape index (κ3) is 9.20. The van der Waals surface area contributed by atoms with Crippen LogP contribution in [0, 0.1) is 100 Å². The van der Waals surface area contributed by atoms with Crippen LogP contribution in [0.2, 0.25) is 0 Å². The van der Waals surface area contributed by atoms with Crippen LogP contribution < -0.4 is 0 Å². The zero-order chi connectivity index (χ0) is 34.6. The standard InChI is InChI=1S/C47H76/c1-14-16-19-33(7)42(25-23-40(30(3)4)26-35(9)43-27-36(43)10)46(47(15-2)29-45(47)44-28-37(44)11)41-24-22-32(6)39(13)38(12)31(5)20-17-18-21-34(41)8/h20,23,25,33-46H,3,6,14-19,21,26-29H2,1-2,4-5,7-13H3. The van der Waals surface area contributed by atoms with Gasteiger partial charge in [-0.2, -0.15) is 0 Å². The highest BCUT2D eigenvalue weighted by Gasteiger charge is 2.66. The summed E-state index contributed by atoms with van der Waals surface area (Å²) in [5, 5.41) is 0. The van der Waals surface area contributed by atoms with E-state index in [1.54, 1.807) is 0 Å². The monoisotopic (exact) mass is 641 g/mol. The molecule has 47 heavy (non-hydrogen) atoms. The van der Waals surface area contributed by atoms with Crippen LogP contribution >= 0.6 is 0 Å². The molecule has 4 rings (SSSR count). The molecule has 4 aliphatic rings. The van der Waals surface area contributed by atoms with E-state index in [-0.39, 0.29) is 0 Å². The van der Waals surface area contributed by atoms with E-state index in [2.05, 4.69) is 119 Å². The van der Waals surface area contributed by atoms with E-state index in [9.17, 15) is 0 Å². The fourth-order valence-electron chi connectivity index (χ4n) is 10.4. The zero-order valence-corrected chi connectivity index (χ0v) is 33.0. The second-order valence-corrected chi connectivity index (χ2v) is 18.2. The summed E-state index contributed by atoms with van der Waals surface area (Å²) >= 11 is 0. The number of hydrogen-bond donors (Lipinski definition) is 0. The van der Waals surface area contributed by atoms with E-state index < -0.39 is 0 Å². The van der Waals surface area contributed by atoms with Gasteiger partial charge in [-0.25, -0.2) is 0 Å². The summed E-state index contributed by atoms with van der Waals surface area (Å²) in [6.45, 7) is 36.1. The van der Waals surface area contributed by atoms with Crippen molar-refractivity contribution in [3.05, 3.63) is 48.1 Å². The highest BCUT2D eigenvalue weighted by Crippen LogP contribution is 2.72. The van der Waals surface area contributed by atoms with Crippen molar-refractivity contribution in [3.8, 4) is 11.8 Å². The van der Waals surface area contributed by atoms with Gasteiger partial charge in [0.1, 0.15) is 0 Å². The van der Waals surface area contributed by atoms with Gasteiger partial charge in [0, 0.05) is 5.92 Å². The van der Waals surface area contributed by atoms with E-state index in [1.165, 1.54) is 81.8 Å². The van der Waals surface area contributed by atoms with E-state index >= 15 is 0 Å². The maximum atomic E-state index is 4.61. The predicted molar refractivity (Wildman–Crippen MR) is 208 cm³/mol. The van der Waals surface area contributed by atoms with Crippen LogP contribution in [0.3, 0.4) is 0 Å². The highest BCUT2D eigenvalue weighted by atomic mass is 14.7. The zero-order valence-electron chi connectivity index (χ0n) is 33.0. The Morgan fingerprint density at radius 1 is 1.02 bits per heavy atom. The average molecular weight is 641 g/mol. The lowest BCUT2D eigenvalue weighted by molar-refractivity contribution is 0.0906. The van der Waals surface area contributed by atoms with Gasteiger partial charge in [0.15, 0.2) is 0 Å². The number of rotatable bonds is 15. The van der Waals surface area contributed by atoms with E-state index in [0.717, 1.165) is 41.1 Å². The van der Waals surface area contributed by atoms with Crippen molar-refractivity contribution < 1.29 is 0 Å². The summed E-state index contributed by atoms with van der Waals surface area (Å²) in [7, 11) is 0. The van der Waals surface area contributed by atoms with Crippen LogP contribution in [0.25, 0.3) is 0 Å². The van der Waals surface area contributed by atoms with Gasteiger partial charge in [0.05, 0.1) is 0 Å². The summed E-state index contributed by atoms with van der Waals surface area (Å²) in [5.74, 6) is 17.5. The Morgan fingerprint density at radius 2 is 1.70 bits per heavy atom. The van der Waals surface area contributed by atoms with Gasteiger partial charge in [0.2, 0.25) is 0 Å². The first kappa shape index (κ1) is 38.3. The van der Waals surface area contributed by atoms with Crippen LogP contribution in [-0.2, 0) is 0 Å². The summed E-state index contributed by atoms with van der Waals surface area (Å²) in [4.78, 5) is 0. The smallest absolute Gasteiger partial charge is 0.0271 e. The van der Waals surface area contributed by atoms with Crippen molar-refractivity contribution in [2.75, 3.05) is 0 Å². The molecule has 0 amide bonds. The topological polar surface area (TPSA) is 0 Å². The largest absolute Gasteiger partial charge is 0.0995 e. The number of hydrogen-bond acceptors (Lipinski definition) is 0. The molecule has 0 bridgehead atoms. The molecule has 3 fully saturated rings. The van der Waals surface area contributed by atoms with Gasteiger partial charge in [0.25, 0.3) is 0 Å². The van der Waals surface area contributed by atoms with E-state index in [1.807, 2.05) is 0 Å². The summed E-state index contributed by atoms with van der Waals surface area (Å²) in [6.07, 6.45) is 22.5. The lowest BCUT2D eigenvalue weighted by Crippen LogP contribution is -2.38. The second-order valence-electron chi connectivity index (χ2n) is 18.2. The first-order chi connectivity index (χ1) is 22.3. The molecule has 0 aromatic carbocycles. The molecule has 0 N–H and O–H groups in total. The van der Waals surface area contributed by atoms with Gasteiger partial charge in [-0.15, -0.1) is 0 Å². The summed E-state index contributed by atoms with van der Waals surface area (Å²) in [5.41, 5.74) is 4.43. The molecular weight excluding hydrogens is 565 g/mol. The normalized spacial score (nSPS) is 38.9. The van der Waals surface area contributed by atoms with Crippen LogP contribution in [0.4, 0.5) is 0 Å². The third-order valence-corrected chi connectivity index (χ3v) is 14.7. The van der Waals surface area contributed by atoms with Crippen LogP contribution in [0.5, 0.6) is 0 Å². The maximum Gasteiger partial charge on any atom is 0.0271 e. The first-order valence-corrected chi connectivity index (χ1v) is 20.5. The van der Waals surface area contributed by atoms with Crippen LogP contribution in [-0.4, -0.2) is 0 Å². The Kier molecular flexibility index (Phi) is 13.4. The van der Waals surface area contributed by atoms with Crippen LogP contribution in [0.15, 0.2) is 48.1 Å². The van der Waals surface area contributed by atoms with Crippen molar-refractivity contribution >= 4 is 0 Å². The predicted octanol–water partition coefficient (Wildman–Crippen LogP) is 13.8. The molecule has 0 heteroatoms. The molecule has 4 aliphatic carbocycles. The molecule has 0 spiro atoms. The van der Waals surface area contributed by atoms with Crippen molar-refractivity contribution in [3.63, 3.8) is 0 Å². The van der Waals surface area contributed by atoms with Gasteiger partial charge in [-0.3, -0.25) is 0 Å². The molecule has 15 unspecified atom stereocenters. The average Bonchev–Trinajstić information content (AvgIpc) is 3.98. The molecule has 0 aliphatic heterocycles. The van der Waals surface area contributed by atoms with Gasteiger partial charge >= 0.3 is 0 Å². The Labute approximate surface area is 294 Å². The minimum atomic E-state index is 0.389. The molecule has 0 aromatic rings. The molecule has 0 saturated heterocycles. The Hall–Kier alpha value is -1.48. The summed E-state index contributed by atoms with van der Waals surface area (Å²) in [6, 6.07) is 0. The van der Waals surface area contributed by atoms with Gasteiger partial charge in [-0.05, 0) is 153 Å². The molecule has 15 atom stereocenters. The quantitative estimate of drug-likeness (QED) is 0.123. The van der Waals surface area contributed by atoms with Crippen molar-refractivity contribution in [1.29, 1.82) is 0 Å². The van der Waals surface area contributed by atoms with Gasteiger partial charge < -0.3 is 0 Å². The van der Waals surface area contributed by atoms with Crippen molar-refractivity contribution in [2.24, 2.45) is 88.3 Å². The third-order valence-electron chi connectivity index (χ3n) is 14.7. The minimum Gasteiger partial charge on any atom is -0.0995 e. The minimum absolute atomic E-state index is 0.389. The van der Waals surface area contributed by atoms with E-state index in [0.29, 0.717) is 52.8 Å². The number of unbranched alkanes of at least 4 members (excludes halogenated alkanes) is 1. The molecule has 3 saturated carbocycles. The first-order valence-electron chi connectivity index (χ1n) is 20.5. The molecule has 264 valence electrons. The van der Waals surface area contributed by atoms with Crippen molar-refractivity contribution in [1.82, 2.24) is 0 Å². The van der Waals surface area contributed by atoms with E-state index in [4.69, 9.17) is 0 Å². The fourth-order valence-corrected chi connectivity index (χ4v) is 10.4. The Bertz CT molecular complexity index is 1180. The Balaban J connectivity index is 1.79. The second kappa shape index (κ2) is 16.5. The molecule has 0 nitrogen and oxygen atoms in total. The SMILES string of the molecule is C=C(C)C(C=CC(C(C)CCCC)C(C1C#CC(=C)C(C)C(C)C(C)=CCCCC1C)C1(CC)CC1C1CC1C)CC(C)C1CC1C. The number of allylic oxidation sites excluding steroid dienone is 6. The van der Waals surface area contributed by atoms with Gasteiger partial charge in [-0.1, -0.05) is 136 Å². The molecule has 0 aromatic heterocycles. The lowest BCUT2D eigenvalue weighted by atomic mass is 9.61. The molecule has 0 radical (unpaired) electrons. The highest BCUT2D eigenvalue weighted by molar-refractivity contribution is 5.32. The summed E-state index contributed by atoms with van der Waals surface area (Å²) < 4.78 is 0. The fraction of sp³-hybridized carbons (Fsp3) is 0.787. The van der Waals surface area contributed by atoms with Crippen molar-refractivity contribution in [2.45, 2.75) is 147 Å².